The third-order valence-corrected chi connectivity index (χ3v) is 4.69. The number of imidazole rings is 1. The summed E-state index contributed by atoms with van der Waals surface area (Å²) in [6, 6.07) is 13.3. The molecule has 4 rings (SSSR count). The van der Waals surface area contributed by atoms with Gasteiger partial charge in [-0.3, -0.25) is 4.40 Å². The number of rotatable bonds is 4. The van der Waals surface area contributed by atoms with Gasteiger partial charge in [0.05, 0.1) is 34.7 Å². The van der Waals surface area contributed by atoms with E-state index in [0.29, 0.717) is 39.3 Å². The molecule has 3 N–H and O–H groups in total. The second-order valence-corrected chi connectivity index (χ2v) is 6.70. The molecule has 0 radical (unpaired) electrons. The Balaban J connectivity index is 1.74. The van der Waals surface area contributed by atoms with Crippen molar-refractivity contribution in [2.75, 3.05) is 11.1 Å². The van der Waals surface area contributed by atoms with Crippen molar-refractivity contribution in [2.24, 2.45) is 0 Å². The summed E-state index contributed by atoms with van der Waals surface area (Å²) < 4.78 is 1.80. The fraction of sp³-hybridized carbons (Fsp3) is 0.100. The molecule has 0 bridgehead atoms. The van der Waals surface area contributed by atoms with Gasteiger partial charge >= 0.3 is 0 Å². The van der Waals surface area contributed by atoms with Crippen LogP contribution in [0.4, 0.5) is 11.6 Å². The van der Waals surface area contributed by atoms with E-state index >= 15 is 0 Å². The number of nitrogens with two attached hydrogens (primary N) is 1. The molecule has 1 aromatic carbocycles. The van der Waals surface area contributed by atoms with Crippen LogP contribution < -0.4 is 11.1 Å². The molecule has 0 aliphatic heterocycles. The maximum absolute atomic E-state index is 9.51. The van der Waals surface area contributed by atoms with Gasteiger partial charge in [-0.15, -0.1) is 0 Å². The van der Waals surface area contributed by atoms with E-state index in [9.17, 15) is 5.26 Å². The predicted molar refractivity (Wildman–Crippen MR) is 109 cm³/mol. The summed E-state index contributed by atoms with van der Waals surface area (Å²) in [6.07, 6.45) is 4.98. The van der Waals surface area contributed by atoms with E-state index in [1.54, 1.807) is 16.7 Å². The molecular formula is C20H16ClN7. The topological polar surface area (TPSA) is 105 Å². The fourth-order valence-electron chi connectivity index (χ4n) is 2.99. The third-order valence-electron chi connectivity index (χ3n) is 4.40. The highest BCUT2D eigenvalue weighted by Crippen LogP contribution is 2.27. The first-order chi connectivity index (χ1) is 13.6. The van der Waals surface area contributed by atoms with Gasteiger partial charge in [-0.2, -0.15) is 5.26 Å². The number of aromatic nitrogens is 4. The number of nitrogens with one attached hydrogen (secondary N) is 1. The van der Waals surface area contributed by atoms with Crippen molar-refractivity contribution in [1.29, 1.82) is 5.26 Å². The summed E-state index contributed by atoms with van der Waals surface area (Å²) in [5.74, 6) is 0.404. The van der Waals surface area contributed by atoms with Crippen LogP contribution in [0.5, 0.6) is 0 Å². The number of halogens is 1. The standard InChI is InChI=1S/C20H16ClN7/c1-12(13-4-2-5-15(23)8-13)26-20-25-10-14(9-22)18(27-20)17-11-24-19-16(21)6-3-7-28(17)19/h2-8,10-12H,23H2,1H3,(H,25,26,27)/t12-/m0/s1. The first kappa shape index (κ1) is 17.8. The maximum atomic E-state index is 9.51. The number of fused-ring (bicyclic) bond motifs is 1. The van der Waals surface area contributed by atoms with E-state index in [4.69, 9.17) is 17.3 Å². The predicted octanol–water partition coefficient (Wildman–Crippen LogP) is 4.07. The SMILES string of the molecule is C[C@H](Nc1ncc(C#N)c(-c2cnc3c(Cl)cccn23)n1)c1cccc(N)c1. The van der Waals surface area contributed by atoms with Crippen molar-refractivity contribution in [3.63, 3.8) is 0 Å². The van der Waals surface area contributed by atoms with Crippen molar-refractivity contribution in [2.45, 2.75) is 13.0 Å². The molecule has 138 valence electrons. The lowest BCUT2D eigenvalue weighted by atomic mass is 10.1. The van der Waals surface area contributed by atoms with Crippen molar-refractivity contribution >= 4 is 28.9 Å². The molecule has 1 atom stereocenters. The van der Waals surface area contributed by atoms with Crippen LogP contribution in [0.15, 0.2) is 55.0 Å². The molecule has 0 saturated carbocycles. The van der Waals surface area contributed by atoms with Crippen LogP contribution in [0.3, 0.4) is 0 Å². The van der Waals surface area contributed by atoms with E-state index in [0.717, 1.165) is 5.56 Å². The first-order valence-electron chi connectivity index (χ1n) is 8.58. The van der Waals surface area contributed by atoms with Crippen LogP contribution in [-0.2, 0) is 0 Å². The minimum atomic E-state index is -0.0686. The van der Waals surface area contributed by atoms with Crippen LogP contribution in [0.25, 0.3) is 17.0 Å². The lowest BCUT2D eigenvalue weighted by molar-refractivity contribution is 0.860. The number of anilines is 2. The van der Waals surface area contributed by atoms with Gasteiger partial charge in [-0.25, -0.2) is 15.0 Å². The Hall–Kier alpha value is -3.63. The largest absolute Gasteiger partial charge is 0.399 e. The molecule has 7 nitrogen and oxygen atoms in total. The van der Waals surface area contributed by atoms with Crippen molar-refractivity contribution in [3.8, 4) is 17.5 Å². The van der Waals surface area contributed by atoms with Gasteiger partial charge in [0.15, 0.2) is 5.65 Å². The van der Waals surface area contributed by atoms with Gasteiger partial charge in [0.2, 0.25) is 5.95 Å². The molecule has 3 heterocycles. The normalized spacial score (nSPS) is 11.9. The Morgan fingerprint density at radius 1 is 1.21 bits per heavy atom. The zero-order valence-electron chi connectivity index (χ0n) is 15.0. The summed E-state index contributed by atoms with van der Waals surface area (Å²) >= 11 is 6.21. The van der Waals surface area contributed by atoms with Crippen LogP contribution in [0.2, 0.25) is 5.02 Å². The van der Waals surface area contributed by atoms with Crippen LogP contribution in [0, 0.1) is 11.3 Å². The summed E-state index contributed by atoms with van der Waals surface area (Å²) in [7, 11) is 0. The fourth-order valence-corrected chi connectivity index (χ4v) is 3.20. The number of benzene rings is 1. The molecule has 0 aliphatic carbocycles. The van der Waals surface area contributed by atoms with Gasteiger partial charge < -0.3 is 11.1 Å². The smallest absolute Gasteiger partial charge is 0.223 e. The Kier molecular flexibility index (Phi) is 4.55. The van der Waals surface area contributed by atoms with E-state index in [2.05, 4.69) is 26.3 Å². The van der Waals surface area contributed by atoms with Gasteiger partial charge in [0, 0.05) is 11.9 Å². The van der Waals surface area contributed by atoms with Crippen molar-refractivity contribution < 1.29 is 0 Å². The Morgan fingerprint density at radius 2 is 2.07 bits per heavy atom. The average molecular weight is 390 g/mol. The number of hydrogen-bond acceptors (Lipinski definition) is 6. The number of hydrogen-bond donors (Lipinski definition) is 2. The maximum Gasteiger partial charge on any atom is 0.223 e. The minimum absolute atomic E-state index is 0.0686. The number of nitrogen functional groups attached to an aromatic ring is 1. The van der Waals surface area contributed by atoms with Gasteiger partial charge in [0.25, 0.3) is 0 Å². The van der Waals surface area contributed by atoms with Crippen LogP contribution in [-0.4, -0.2) is 19.4 Å². The first-order valence-corrected chi connectivity index (χ1v) is 8.95. The lowest BCUT2D eigenvalue weighted by Crippen LogP contribution is -2.10. The molecule has 0 unspecified atom stereocenters. The van der Waals surface area contributed by atoms with Gasteiger partial charge in [0.1, 0.15) is 11.8 Å². The third kappa shape index (κ3) is 3.21. The highest BCUT2D eigenvalue weighted by atomic mass is 35.5. The minimum Gasteiger partial charge on any atom is -0.399 e. The number of nitriles is 1. The van der Waals surface area contributed by atoms with Gasteiger partial charge in [-0.05, 0) is 36.8 Å². The summed E-state index contributed by atoms with van der Waals surface area (Å²) in [4.78, 5) is 13.2. The molecule has 0 aliphatic rings. The molecule has 28 heavy (non-hydrogen) atoms. The molecule has 8 heteroatoms. The molecule has 4 aromatic rings. The number of nitrogens with zero attached hydrogens (tertiary/aromatic N) is 5. The monoisotopic (exact) mass is 389 g/mol. The van der Waals surface area contributed by atoms with Crippen molar-refractivity contribution in [1.82, 2.24) is 19.4 Å². The highest BCUT2D eigenvalue weighted by Gasteiger charge is 2.16. The van der Waals surface area contributed by atoms with E-state index in [1.807, 2.05) is 43.5 Å². The van der Waals surface area contributed by atoms with E-state index < -0.39 is 0 Å². The van der Waals surface area contributed by atoms with E-state index in [-0.39, 0.29) is 6.04 Å². The molecule has 0 saturated heterocycles. The van der Waals surface area contributed by atoms with Crippen LogP contribution in [0.1, 0.15) is 24.1 Å². The molecular weight excluding hydrogens is 374 g/mol. The Morgan fingerprint density at radius 3 is 2.86 bits per heavy atom. The molecule has 3 aromatic heterocycles. The Bertz CT molecular complexity index is 1210. The molecule has 0 spiro atoms. The zero-order valence-corrected chi connectivity index (χ0v) is 15.7. The Labute approximate surface area is 166 Å². The quantitative estimate of drug-likeness (QED) is 0.509. The zero-order chi connectivity index (χ0) is 19.7. The van der Waals surface area contributed by atoms with Gasteiger partial charge in [-0.1, -0.05) is 23.7 Å². The number of pyridine rings is 1. The van der Waals surface area contributed by atoms with E-state index in [1.165, 1.54) is 6.20 Å². The summed E-state index contributed by atoms with van der Waals surface area (Å²) in [5.41, 5.74) is 9.66. The van der Waals surface area contributed by atoms with Crippen molar-refractivity contribution in [3.05, 3.63) is 71.1 Å². The second-order valence-electron chi connectivity index (χ2n) is 6.30. The summed E-state index contributed by atoms with van der Waals surface area (Å²) in [5, 5.41) is 13.3. The average Bonchev–Trinajstić information content (AvgIpc) is 3.13. The lowest BCUT2D eigenvalue weighted by Gasteiger charge is -2.15. The molecule has 0 fully saturated rings. The highest BCUT2D eigenvalue weighted by molar-refractivity contribution is 6.33. The second kappa shape index (κ2) is 7.18. The molecule has 0 amide bonds. The van der Waals surface area contributed by atoms with Crippen LogP contribution >= 0.6 is 11.6 Å². The summed E-state index contributed by atoms with van der Waals surface area (Å²) in [6.45, 7) is 1.99.